The fourth-order valence-electron chi connectivity index (χ4n) is 3.65. The lowest BCUT2D eigenvalue weighted by Gasteiger charge is -2.32. The van der Waals surface area contributed by atoms with E-state index in [4.69, 9.17) is 4.74 Å². The topological polar surface area (TPSA) is 42.3 Å². The smallest absolute Gasteiger partial charge is 0.144 e. The molecule has 2 heterocycles. The molecular formula is C20H28N4O. The highest BCUT2D eigenvalue weighted by atomic mass is 16.5. The summed E-state index contributed by atoms with van der Waals surface area (Å²) in [5, 5.41) is 8.28. The minimum absolute atomic E-state index is 0.705. The Balaban J connectivity index is 1.37. The molecule has 134 valence electrons. The summed E-state index contributed by atoms with van der Waals surface area (Å²) in [6, 6.07) is 10.9. The van der Waals surface area contributed by atoms with E-state index in [2.05, 4.69) is 27.4 Å². The number of rotatable bonds is 7. The quantitative estimate of drug-likeness (QED) is 0.842. The number of benzene rings is 1. The zero-order chi connectivity index (χ0) is 17.1. The Morgan fingerprint density at radius 1 is 1.12 bits per heavy atom. The third kappa shape index (κ3) is 4.05. The van der Waals surface area contributed by atoms with Gasteiger partial charge in [0, 0.05) is 31.9 Å². The lowest BCUT2D eigenvalue weighted by atomic mass is 10.0. The first kappa shape index (κ1) is 16.6. The maximum atomic E-state index is 5.50. The molecule has 1 aliphatic heterocycles. The molecule has 25 heavy (non-hydrogen) atoms. The van der Waals surface area contributed by atoms with E-state index >= 15 is 0 Å². The molecule has 0 atom stereocenters. The van der Waals surface area contributed by atoms with E-state index in [0.717, 1.165) is 37.0 Å². The minimum atomic E-state index is 0.705. The monoisotopic (exact) mass is 340 g/mol. The van der Waals surface area contributed by atoms with Crippen molar-refractivity contribution in [1.82, 2.24) is 20.0 Å². The van der Waals surface area contributed by atoms with E-state index in [1.807, 2.05) is 29.1 Å². The summed E-state index contributed by atoms with van der Waals surface area (Å²) in [7, 11) is 1.71. The molecule has 1 aromatic heterocycles. The molecule has 5 heteroatoms. The highest BCUT2D eigenvalue weighted by molar-refractivity contribution is 5.46. The maximum absolute atomic E-state index is 5.50. The Labute approximate surface area is 150 Å². The van der Waals surface area contributed by atoms with Crippen molar-refractivity contribution in [3.63, 3.8) is 0 Å². The van der Waals surface area contributed by atoms with Crippen molar-refractivity contribution in [3.8, 4) is 11.4 Å². The normalized spacial score (nSPS) is 19.2. The predicted octanol–water partition coefficient (Wildman–Crippen LogP) is 2.84. The Kier molecular flexibility index (Phi) is 5.04. The second-order valence-electron chi connectivity index (χ2n) is 7.31. The summed E-state index contributed by atoms with van der Waals surface area (Å²) >= 11 is 0. The van der Waals surface area contributed by atoms with Gasteiger partial charge in [0.2, 0.25) is 0 Å². The minimum Gasteiger partial charge on any atom is -0.494 e. The van der Waals surface area contributed by atoms with Crippen LogP contribution in [0.15, 0.2) is 36.5 Å². The number of hydrogen-bond donors (Lipinski definition) is 1. The van der Waals surface area contributed by atoms with Crippen molar-refractivity contribution in [1.29, 1.82) is 0 Å². The van der Waals surface area contributed by atoms with Crippen LogP contribution in [0.5, 0.6) is 5.75 Å². The van der Waals surface area contributed by atoms with Crippen LogP contribution in [0.4, 0.5) is 0 Å². The first-order valence-corrected chi connectivity index (χ1v) is 9.45. The van der Waals surface area contributed by atoms with Gasteiger partial charge in [-0.15, -0.1) is 0 Å². The van der Waals surface area contributed by atoms with Crippen LogP contribution in [0.1, 0.15) is 31.4 Å². The average Bonchev–Trinajstić information content (AvgIpc) is 3.38. The number of aromatic nitrogens is 2. The molecule has 0 bridgehead atoms. The number of methoxy groups -OCH3 is 1. The Bertz CT molecular complexity index is 687. The number of nitrogens with zero attached hydrogens (tertiary/aromatic N) is 3. The van der Waals surface area contributed by atoms with Gasteiger partial charge in [-0.2, -0.15) is 5.10 Å². The molecule has 5 nitrogen and oxygen atoms in total. The molecule has 0 spiro atoms. The molecule has 0 amide bonds. The van der Waals surface area contributed by atoms with Crippen LogP contribution in [0, 0.1) is 5.92 Å². The summed E-state index contributed by atoms with van der Waals surface area (Å²) in [5.74, 6) is 1.82. The largest absolute Gasteiger partial charge is 0.494 e. The van der Waals surface area contributed by atoms with Crippen molar-refractivity contribution < 1.29 is 4.74 Å². The van der Waals surface area contributed by atoms with Crippen molar-refractivity contribution in [2.75, 3.05) is 26.7 Å². The van der Waals surface area contributed by atoms with Crippen LogP contribution in [-0.4, -0.2) is 47.5 Å². The molecule has 1 N–H and O–H groups in total. The number of likely N-dealkylation sites (tertiary alicyclic amines) is 1. The Morgan fingerprint density at radius 3 is 2.68 bits per heavy atom. The van der Waals surface area contributed by atoms with E-state index < -0.39 is 0 Å². The number of ether oxygens (including phenoxy) is 1. The molecule has 2 fully saturated rings. The predicted molar refractivity (Wildman–Crippen MR) is 99.1 cm³/mol. The summed E-state index contributed by atoms with van der Waals surface area (Å²) in [6.07, 6.45) is 7.23. The fraction of sp³-hybridized carbons (Fsp3) is 0.550. The van der Waals surface area contributed by atoms with Gasteiger partial charge >= 0.3 is 0 Å². The van der Waals surface area contributed by atoms with Gasteiger partial charge in [0.1, 0.15) is 11.4 Å². The van der Waals surface area contributed by atoms with E-state index in [1.54, 1.807) is 7.11 Å². The fourth-order valence-corrected chi connectivity index (χ4v) is 3.65. The first-order chi connectivity index (χ1) is 12.3. The van der Waals surface area contributed by atoms with Gasteiger partial charge in [0.05, 0.1) is 12.8 Å². The molecule has 2 aromatic rings. The van der Waals surface area contributed by atoms with Crippen molar-refractivity contribution in [2.24, 2.45) is 5.92 Å². The first-order valence-electron chi connectivity index (χ1n) is 9.45. The Hall–Kier alpha value is -1.85. The lowest BCUT2D eigenvalue weighted by molar-refractivity contribution is 0.187. The highest BCUT2D eigenvalue weighted by Gasteiger charge is 2.24. The van der Waals surface area contributed by atoms with E-state index in [9.17, 15) is 0 Å². The molecule has 1 aromatic carbocycles. The van der Waals surface area contributed by atoms with Gasteiger partial charge in [-0.1, -0.05) is 12.1 Å². The maximum Gasteiger partial charge on any atom is 0.144 e. The molecule has 2 aliphatic rings. The van der Waals surface area contributed by atoms with Crippen LogP contribution < -0.4 is 10.1 Å². The van der Waals surface area contributed by atoms with Crippen LogP contribution in [0.25, 0.3) is 5.69 Å². The summed E-state index contributed by atoms with van der Waals surface area (Å²) in [5.41, 5.74) is 2.22. The SMILES string of the molecule is COc1ccccc1-n1nccc1CN1CCC(NCC2CC2)CC1. The number of hydrogen-bond acceptors (Lipinski definition) is 4. The number of para-hydroxylation sites is 2. The summed E-state index contributed by atoms with van der Waals surface area (Å²) < 4.78 is 7.51. The van der Waals surface area contributed by atoms with Gasteiger partial charge in [-0.25, -0.2) is 4.68 Å². The molecule has 1 saturated carbocycles. The van der Waals surface area contributed by atoms with Gasteiger partial charge in [-0.05, 0) is 56.3 Å². The van der Waals surface area contributed by atoms with Crippen LogP contribution in [0.3, 0.4) is 0 Å². The molecule has 0 unspecified atom stereocenters. The third-order valence-electron chi connectivity index (χ3n) is 5.40. The van der Waals surface area contributed by atoms with E-state index in [0.29, 0.717) is 6.04 Å². The number of nitrogens with one attached hydrogen (secondary N) is 1. The van der Waals surface area contributed by atoms with Gasteiger partial charge in [-0.3, -0.25) is 4.90 Å². The average molecular weight is 340 g/mol. The second kappa shape index (κ2) is 7.58. The molecule has 1 saturated heterocycles. The molecule has 0 radical (unpaired) electrons. The van der Waals surface area contributed by atoms with Crippen LogP contribution in [0.2, 0.25) is 0 Å². The third-order valence-corrected chi connectivity index (χ3v) is 5.40. The van der Waals surface area contributed by atoms with Gasteiger partial charge in [0.25, 0.3) is 0 Å². The molecule has 4 rings (SSSR count). The van der Waals surface area contributed by atoms with Crippen molar-refractivity contribution in [2.45, 2.75) is 38.3 Å². The van der Waals surface area contributed by atoms with Crippen molar-refractivity contribution >= 4 is 0 Å². The van der Waals surface area contributed by atoms with Gasteiger partial charge in [0.15, 0.2) is 0 Å². The molecule has 1 aliphatic carbocycles. The Morgan fingerprint density at radius 2 is 1.92 bits per heavy atom. The van der Waals surface area contributed by atoms with E-state index in [1.165, 1.54) is 37.9 Å². The van der Waals surface area contributed by atoms with Gasteiger partial charge < -0.3 is 10.1 Å². The standard InChI is InChI=1S/C20H28N4O/c1-25-20-5-3-2-4-19(20)24-18(8-11-22-24)15-23-12-9-17(10-13-23)21-14-16-6-7-16/h2-5,8,11,16-17,21H,6-7,9-10,12-15H2,1H3. The highest BCUT2D eigenvalue weighted by Crippen LogP contribution is 2.28. The van der Waals surface area contributed by atoms with Crippen molar-refractivity contribution in [3.05, 3.63) is 42.2 Å². The van der Waals surface area contributed by atoms with Crippen LogP contribution in [-0.2, 0) is 6.54 Å². The lowest BCUT2D eigenvalue weighted by Crippen LogP contribution is -2.42. The molecular weight excluding hydrogens is 312 g/mol. The van der Waals surface area contributed by atoms with Crippen LogP contribution >= 0.6 is 0 Å². The second-order valence-corrected chi connectivity index (χ2v) is 7.31. The van der Waals surface area contributed by atoms with E-state index in [-0.39, 0.29) is 0 Å². The summed E-state index contributed by atoms with van der Waals surface area (Å²) in [4.78, 5) is 2.54. The number of piperidine rings is 1. The summed E-state index contributed by atoms with van der Waals surface area (Å²) in [6.45, 7) is 4.47. The zero-order valence-electron chi connectivity index (χ0n) is 15.0. The zero-order valence-corrected chi connectivity index (χ0v) is 15.0.